The Balaban J connectivity index is 1.56. The molecular formula is C23H44N2O4. The van der Waals surface area contributed by atoms with Crippen molar-refractivity contribution in [2.45, 2.75) is 115 Å². The lowest BCUT2D eigenvalue weighted by molar-refractivity contribution is -0.142. The number of carboxylic acid groups (broad SMARTS) is 1. The fraction of sp³-hybridized carbons (Fsp3) is 0.957. The van der Waals surface area contributed by atoms with E-state index in [0.717, 1.165) is 51.1 Å². The molecule has 0 bridgehead atoms. The third-order valence-corrected chi connectivity index (χ3v) is 7.18. The molecular weight excluding hydrogens is 368 g/mol. The standard InChI is InChI=1S/C23H44N2O4/c1-3-24-17-23(29,16-22(27)28)13-8-6-4-5-7-9-19-12-14-25-18(2)21(26)11-10-20(25)15-19/h18-21,24,26,29H,3-17H2,1-2H3,(H,27,28). The van der Waals surface area contributed by atoms with Crippen LogP contribution in [0.4, 0.5) is 0 Å². The van der Waals surface area contributed by atoms with Gasteiger partial charge in [-0.3, -0.25) is 9.69 Å². The van der Waals surface area contributed by atoms with Gasteiger partial charge in [-0.15, -0.1) is 0 Å². The van der Waals surface area contributed by atoms with Crippen molar-refractivity contribution in [1.82, 2.24) is 10.2 Å². The van der Waals surface area contributed by atoms with Crippen LogP contribution in [0.3, 0.4) is 0 Å². The lowest BCUT2D eigenvalue weighted by Crippen LogP contribution is -2.55. The Labute approximate surface area is 177 Å². The Morgan fingerprint density at radius 1 is 1.14 bits per heavy atom. The third kappa shape index (κ3) is 8.16. The molecule has 29 heavy (non-hydrogen) atoms. The highest BCUT2D eigenvalue weighted by Crippen LogP contribution is 2.35. The van der Waals surface area contributed by atoms with Crippen LogP contribution in [0, 0.1) is 5.92 Å². The Morgan fingerprint density at radius 3 is 2.59 bits per heavy atom. The molecule has 0 aromatic rings. The summed E-state index contributed by atoms with van der Waals surface area (Å²) in [6.07, 6.45) is 11.8. The second-order valence-electron chi connectivity index (χ2n) is 9.55. The summed E-state index contributed by atoms with van der Waals surface area (Å²) in [5.74, 6) is -0.0993. The molecule has 0 saturated carbocycles. The number of nitrogens with one attached hydrogen (secondary N) is 1. The Kier molecular flexibility index (Phi) is 10.4. The maximum absolute atomic E-state index is 11.0. The van der Waals surface area contributed by atoms with E-state index in [-0.39, 0.29) is 12.5 Å². The Morgan fingerprint density at radius 2 is 1.86 bits per heavy atom. The number of carbonyl (C=O) groups is 1. The van der Waals surface area contributed by atoms with Crippen LogP contribution in [0.25, 0.3) is 0 Å². The van der Waals surface area contributed by atoms with Gasteiger partial charge in [-0.1, -0.05) is 45.4 Å². The number of aliphatic hydroxyl groups excluding tert-OH is 1. The maximum atomic E-state index is 11.0. The van der Waals surface area contributed by atoms with Crippen LogP contribution in [-0.4, -0.2) is 69.6 Å². The van der Waals surface area contributed by atoms with Crippen molar-refractivity contribution < 1.29 is 20.1 Å². The zero-order chi connectivity index (χ0) is 21.3. The molecule has 0 aromatic carbocycles. The summed E-state index contributed by atoms with van der Waals surface area (Å²) in [5.41, 5.74) is -1.12. The largest absolute Gasteiger partial charge is 0.481 e. The van der Waals surface area contributed by atoms with Gasteiger partial charge in [-0.05, 0) is 58.0 Å². The van der Waals surface area contributed by atoms with E-state index in [0.29, 0.717) is 25.0 Å². The maximum Gasteiger partial charge on any atom is 0.306 e. The number of nitrogens with zero attached hydrogens (tertiary/aromatic N) is 1. The van der Waals surface area contributed by atoms with Gasteiger partial charge in [-0.25, -0.2) is 0 Å². The zero-order valence-corrected chi connectivity index (χ0v) is 18.6. The number of fused-ring (bicyclic) bond motifs is 1. The molecule has 5 atom stereocenters. The van der Waals surface area contributed by atoms with Crippen molar-refractivity contribution in [1.29, 1.82) is 0 Å². The minimum Gasteiger partial charge on any atom is -0.481 e. The van der Waals surface area contributed by atoms with Crippen molar-refractivity contribution in [2.24, 2.45) is 5.92 Å². The van der Waals surface area contributed by atoms with E-state index in [9.17, 15) is 15.0 Å². The number of hydrogen-bond donors (Lipinski definition) is 4. The van der Waals surface area contributed by atoms with Crippen LogP contribution >= 0.6 is 0 Å². The summed E-state index contributed by atoms with van der Waals surface area (Å²) in [7, 11) is 0. The van der Waals surface area contributed by atoms with E-state index in [4.69, 9.17) is 5.11 Å². The smallest absolute Gasteiger partial charge is 0.306 e. The van der Waals surface area contributed by atoms with E-state index in [1.807, 2.05) is 6.92 Å². The number of aliphatic carboxylic acids is 1. The second-order valence-corrected chi connectivity index (χ2v) is 9.55. The second kappa shape index (κ2) is 12.2. The summed E-state index contributed by atoms with van der Waals surface area (Å²) < 4.78 is 0. The van der Waals surface area contributed by atoms with Gasteiger partial charge in [0.25, 0.3) is 0 Å². The van der Waals surface area contributed by atoms with Crippen molar-refractivity contribution in [3.8, 4) is 0 Å². The minimum atomic E-state index is -1.12. The highest BCUT2D eigenvalue weighted by Gasteiger charge is 2.37. The van der Waals surface area contributed by atoms with E-state index < -0.39 is 11.6 Å². The number of carboxylic acids is 1. The monoisotopic (exact) mass is 412 g/mol. The summed E-state index contributed by atoms with van der Waals surface area (Å²) >= 11 is 0. The van der Waals surface area contributed by atoms with Crippen LogP contribution < -0.4 is 5.32 Å². The van der Waals surface area contributed by atoms with Crippen LogP contribution in [0.5, 0.6) is 0 Å². The number of hydrogen-bond acceptors (Lipinski definition) is 5. The minimum absolute atomic E-state index is 0.145. The normalized spacial score (nSPS) is 29.9. The van der Waals surface area contributed by atoms with Crippen LogP contribution in [0.15, 0.2) is 0 Å². The molecule has 0 radical (unpaired) electrons. The topological polar surface area (TPSA) is 93.0 Å². The molecule has 0 amide bonds. The lowest BCUT2D eigenvalue weighted by Gasteiger charge is -2.48. The van der Waals surface area contributed by atoms with Crippen molar-refractivity contribution in [3.05, 3.63) is 0 Å². The molecule has 0 spiro atoms. The molecule has 0 aliphatic carbocycles. The molecule has 6 heteroatoms. The molecule has 2 heterocycles. The van der Waals surface area contributed by atoms with Crippen molar-refractivity contribution in [3.63, 3.8) is 0 Å². The Hall–Kier alpha value is -0.690. The quantitative estimate of drug-likeness (QED) is 0.347. The van der Waals surface area contributed by atoms with Crippen molar-refractivity contribution >= 4 is 5.97 Å². The molecule has 6 nitrogen and oxygen atoms in total. The van der Waals surface area contributed by atoms with Gasteiger partial charge >= 0.3 is 5.97 Å². The fourth-order valence-electron chi connectivity index (χ4n) is 5.36. The molecule has 2 rings (SSSR count). The predicted molar refractivity (Wildman–Crippen MR) is 116 cm³/mol. The highest BCUT2D eigenvalue weighted by molar-refractivity contribution is 5.68. The zero-order valence-electron chi connectivity index (χ0n) is 18.6. The van der Waals surface area contributed by atoms with Gasteiger partial charge in [-0.2, -0.15) is 0 Å². The molecule has 170 valence electrons. The molecule has 2 fully saturated rings. The number of aliphatic hydroxyl groups is 2. The first-order chi connectivity index (χ1) is 13.8. The number of piperidine rings is 2. The van der Waals surface area contributed by atoms with Crippen LogP contribution in [-0.2, 0) is 4.79 Å². The summed E-state index contributed by atoms with van der Waals surface area (Å²) in [6.45, 7) is 6.37. The van der Waals surface area contributed by atoms with E-state index in [1.54, 1.807) is 0 Å². The SMILES string of the molecule is CCNCC(O)(CCCCCCCC1CCN2C(CCC(O)C2C)C1)CC(=O)O. The van der Waals surface area contributed by atoms with Gasteiger partial charge in [0.1, 0.15) is 0 Å². The predicted octanol–water partition coefficient (Wildman–Crippen LogP) is 3.16. The molecule has 0 aromatic heterocycles. The number of unbranched alkanes of at least 4 members (excludes halogenated alkanes) is 4. The third-order valence-electron chi connectivity index (χ3n) is 7.18. The van der Waals surface area contributed by atoms with Gasteiger partial charge in [0.15, 0.2) is 0 Å². The van der Waals surface area contributed by atoms with Crippen molar-refractivity contribution in [2.75, 3.05) is 19.6 Å². The van der Waals surface area contributed by atoms with Crippen LogP contribution in [0.1, 0.15) is 90.9 Å². The first-order valence-corrected chi connectivity index (χ1v) is 11.9. The molecule has 2 aliphatic heterocycles. The van der Waals surface area contributed by atoms with Gasteiger partial charge < -0.3 is 20.6 Å². The van der Waals surface area contributed by atoms with E-state index in [2.05, 4.69) is 17.1 Å². The molecule has 2 saturated heterocycles. The summed E-state index contributed by atoms with van der Waals surface area (Å²) in [5, 5.41) is 32.8. The first kappa shape index (κ1) is 24.6. The number of rotatable bonds is 13. The van der Waals surface area contributed by atoms with E-state index >= 15 is 0 Å². The van der Waals surface area contributed by atoms with Gasteiger partial charge in [0, 0.05) is 18.6 Å². The van der Waals surface area contributed by atoms with E-state index in [1.165, 1.54) is 32.1 Å². The average Bonchev–Trinajstić information content (AvgIpc) is 2.68. The molecule has 5 unspecified atom stereocenters. The summed E-state index contributed by atoms with van der Waals surface area (Å²) in [6, 6.07) is 0.998. The van der Waals surface area contributed by atoms with Gasteiger partial charge in [0.2, 0.25) is 0 Å². The summed E-state index contributed by atoms with van der Waals surface area (Å²) in [4.78, 5) is 13.6. The Bertz CT molecular complexity index is 489. The van der Waals surface area contributed by atoms with Crippen LogP contribution in [0.2, 0.25) is 0 Å². The number of likely N-dealkylation sites (N-methyl/N-ethyl adjacent to an activating group) is 1. The molecule has 2 aliphatic rings. The lowest BCUT2D eigenvalue weighted by atomic mass is 9.81. The first-order valence-electron chi connectivity index (χ1n) is 11.9. The highest BCUT2D eigenvalue weighted by atomic mass is 16.4. The molecule has 4 N–H and O–H groups in total. The fourth-order valence-corrected chi connectivity index (χ4v) is 5.36. The van der Waals surface area contributed by atoms with Gasteiger partial charge in [0.05, 0.1) is 18.1 Å². The average molecular weight is 413 g/mol.